The van der Waals surface area contributed by atoms with E-state index in [9.17, 15) is 14.7 Å². The van der Waals surface area contributed by atoms with Crippen molar-refractivity contribution < 1.29 is 19.4 Å². The molecule has 27 heavy (non-hydrogen) atoms. The van der Waals surface area contributed by atoms with Gasteiger partial charge >= 0.3 is 5.97 Å². The van der Waals surface area contributed by atoms with Gasteiger partial charge in [-0.3, -0.25) is 14.6 Å². The van der Waals surface area contributed by atoms with Crippen LogP contribution in [0.4, 0.5) is 0 Å². The Hall–Kier alpha value is -3.39. The van der Waals surface area contributed by atoms with Crippen LogP contribution in [0.5, 0.6) is 5.75 Å². The molecule has 140 valence electrons. The van der Waals surface area contributed by atoms with Gasteiger partial charge in [0.05, 0.1) is 18.5 Å². The standard InChI is InChI=1S/C19H20N4O4/c1-21-18(24)10-5-6-22-16(7-10)17-13(9-14(20)19(25)26)12-8-11(27-2)3-4-15(12)23-17/h3-8,14,23H,9,20H2,1-2H3,(H,21,24)(H,25,26)/t14-/m1/s1. The molecule has 0 aliphatic rings. The number of pyridine rings is 1. The van der Waals surface area contributed by atoms with Gasteiger partial charge in [0, 0.05) is 36.1 Å². The van der Waals surface area contributed by atoms with E-state index in [0.717, 1.165) is 10.9 Å². The van der Waals surface area contributed by atoms with Crippen molar-refractivity contribution in [2.45, 2.75) is 12.5 Å². The van der Waals surface area contributed by atoms with Gasteiger partial charge in [0.15, 0.2) is 0 Å². The summed E-state index contributed by atoms with van der Waals surface area (Å²) in [6.07, 6.45) is 1.64. The summed E-state index contributed by atoms with van der Waals surface area (Å²) in [7, 11) is 3.11. The number of hydrogen-bond acceptors (Lipinski definition) is 5. The summed E-state index contributed by atoms with van der Waals surface area (Å²) < 4.78 is 5.28. The van der Waals surface area contributed by atoms with Crippen molar-refractivity contribution in [2.75, 3.05) is 14.2 Å². The highest BCUT2D eigenvalue weighted by atomic mass is 16.5. The zero-order valence-corrected chi connectivity index (χ0v) is 14.9. The minimum Gasteiger partial charge on any atom is -0.497 e. The summed E-state index contributed by atoms with van der Waals surface area (Å²) in [4.78, 5) is 30.8. The van der Waals surface area contributed by atoms with Gasteiger partial charge in [0.2, 0.25) is 0 Å². The Kier molecular flexibility index (Phi) is 5.09. The largest absolute Gasteiger partial charge is 0.497 e. The topological polar surface area (TPSA) is 130 Å². The molecule has 5 N–H and O–H groups in total. The van der Waals surface area contributed by atoms with E-state index in [4.69, 9.17) is 10.5 Å². The van der Waals surface area contributed by atoms with Crippen LogP contribution in [0, 0.1) is 0 Å². The lowest BCUT2D eigenvalue weighted by Crippen LogP contribution is -2.32. The molecule has 1 atom stereocenters. The molecule has 0 saturated heterocycles. The number of carboxylic acids is 1. The lowest BCUT2D eigenvalue weighted by Gasteiger charge is -2.09. The molecule has 8 nitrogen and oxygen atoms in total. The summed E-state index contributed by atoms with van der Waals surface area (Å²) in [5, 5.41) is 12.6. The third-order valence-corrected chi connectivity index (χ3v) is 4.36. The number of carbonyl (C=O) groups is 2. The predicted octanol–water partition coefficient (Wildman–Crippen LogP) is 1.55. The summed E-state index contributed by atoms with van der Waals surface area (Å²) in [6, 6.07) is 7.65. The second-order valence-electron chi connectivity index (χ2n) is 6.05. The minimum atomic E-state index is -1.09. The number of aromatic nitrogens is 2. The normalized spacial score (nSPS) is 12.0. The average molecular weight is 368 g/mol. The number of aliphatic carboxylic acids is 1. The van der Waals surface area contributed by atoms with E-state index in [1.54, 1.807) is 32.4 Å². The molecule has 2 heterocycles. The number of amides is 1. The van der Waals surface area contributed by atoms with Gasteiger partial charge in [-0.15, -0.1) is 0 Å². The molecular formula is C19H20N4O4. The molecule has 0 fully saturated rings. The molecule has 0 bridgehead atoms. The Labute approximate surface area is 155 Å². The second-order valence-corrected chi connectivity index (χ2v) is 6.05. The number of fused-ring (bicyclic) bond motifs is 1. The fourth-order valence-corrected chi connectivity index (χ4v) is 2.94. The number of nitrogens with two attached hydrogens (primary N) is 1. The van der Waals surface area contributed by atoms with Crippen molar-refractivity contribution in [1.82, 2.24) is 15.3 Å². The number of nitrogens with one attached hydrogen (secondary N) is 2. The molecule has 3 aromatic rings. The number of hydrogen-bond donors (Lipinski definition) is 4. The maximum Gasteiger partial charge on any atom is 0.320 e. The molecule has 0 aliphatic heterocycles. The van der Waals surface area contributed by atoms with Crippen LogP contribution < -0.4 is 15.8 Å². The lowest BCUT2D eigenvalue weighted by molar-refractivity contribution is -0.138. The summed E-state index contributed by atoms with van der Waals surface area (Å²) in [6.45, 7) is 0. The van der Waals surface area contributed by atoms with Crippen LogP contribution in [0.2, 0.25) is 0 Å². The van der Waals surface area contributed by atoms with E-state index in [0.29, 0.717) is 28.3 Å². The fraction of sp³-hybridized carbons (Fsp3) is 0.211. The summed E-state index contributed by atoms with van der Waals surface area (Å²) in [5.74, 6) is -0.684. The van der Waals surface area contributed by atoms with Crippen LogP contribution in [0.1, 0.15) is 15.9 Å². The number of methoxy groups -OCH3 is 1. The van der Waals surface area contributed by atoms with Crippen molar-refractivity contribution in [1.29, 1.82) is 0 Å². The molecule has 1 amide bonds. The molecule has 0 aliphatic carbocycles. The van der Waals surface area contributed by atoms with E-state index < -0.39 is 12.0 Å². The molecule has 2 aromatic heterocycles. The quantitative estimate of drug-likeness (QED) is 0.522. The smallest absolute Gasteiger partial charge is 0.320 e. The van der Waals surface area contributed by atoms with Gasteiger partial charge < -0.3 is 25.9 Å². The highest BCUT2D eigenvalue weighted by Gasteiger charge is 2.21. The summed E-state index contributed by atoms with van der Waals surface area (Å²) in [5.41, 5.74) is 8.90. The summed E-state index contributed by atoms with van der Waals surface area (Å²) >= 11 is 0. The van der Waals surface area contributed by atoms with Crippen molar-refractivity contribution in [3.63, 3.8) is 0 Å². The monoisotopic (exact) mass is 368 g/mol. The average Bonchev–Trinajstić information content (AvgIpc) is 3.04. The second kappa shape index (κ2) is 7.46. The van der Waals surface area contributed by atoms with Gasteiger partial charge in [0.1, 0.15) is 11.8 Å². The van der Waals surface area contributed by atoms with Crippen LogP contribution >= 0.6 is 0 Å². The molecular weight excluding hydrogens is 348 g/mol. The van der Waals surface area contributed by atoms with E-state index in [1.807, 2.05) is 12.1 Å². The lowest BCUT2D eigenvalue weighted by atomic mass is 10.0. The molecule has 0 spiro atoms. The minimum absolute atomic E-state index is 0.101. The maximum absolute atomic E-state index is 11.9. The van der Waals surface area contributed by atoms with Crippen molar-refractivity contribution in [2.24, 2.45) is 5.73 Å². The van der Waals surface area contributed by atoms with Gasteiger partial charge in [-0.05, 0) is 35.9 Å². The first kappa shape index (κ1) is 18.4. The van der Waals surface area contributed by atoms with Crippen molar-refractivity contribution in [3.8, 4) is 17.1 Å². The van der Waals surface area contributed by atoms with Gasteiger partial charge in [0.25, 0.3) is 5.91 Å². The van der Waals surface area contributed by atoms with E-state index in [-0.39, 0.29) is 12.3 Å². The maximum atomic E-state index is 11.9. The van der Waals surface area contributed by atoms with Gasteiger partial charge in [-0.25, -0.2) is 0 Å². The first-order valence-corrected chi connectivity index (χ1v) is 8.30. The van der Waals surface area contributed by atoms with Crippen LogP contribution in [0.25, 0.3) is 22.3 Å². The Morgan fingerprint density at radius 1 is 1.33 bits per heavy atom. The van der Waals surface area contributed by atoms with E-state index in [2.05, 4.69) is 15.3 Å². The number of benzene rings is 1. The third-order valence-electron chi connectivity index (χ3n) is 4.36. The van der Waals surface area contributed by atoms with Crippen LogP contribution in [0.3, 0.4) is 0 Å². The Morgan fingerprint density at radius 3 is 2.78 bits per heavy atom. The molecule has 0 saturated carbocycles. The van der Waals surface area contributed by atoms with Crippen LogP contribution in [-0.2, 0) is 11.2 Å². The number of ether oxygens (including phenoxy) is 1. The number of rotatable bonds is 6. The number of carboxylic acid groups (broad SMARTS) is 1. The molecule has 0 unspecified atom stereocenters. The highest BCUT2D eigenvalue weighted by molar-refractivity contribution is 5.96. The third kappa shape index (κ3) is 3.61. The molecule has 0 radical (unpaired) electrons. The fourth-order valence-electron chi connectivity index (χ4n) is 2.94. The van der Waals surface area contributed by atoms with Gasteiger partial charge in [-0.2, -0.15) is 0 Å². The Balaban J connectivity index is 2.19. The molecule has 8 heteroatoms. The van der Waals surface area contributed by atoms with Crippen LogP contribution in [0.15, 0.2) is 36.5 Å². The SMILES string of the molecule is CNC(=O)c1ccnc(-c2[nH]c3ccc(OC)cc3c2C[C@@H](N)C(=O)O)c1. The number of H-pyrrole nitrogens is 1. The Bertz CT molecular complexity index is 1010. The van der Waals surface area contributed by atoms with Gasteiger partial charge in [-0.1, -0.05) is 0 Å². The van der Waals surface area contributed by atoms with E-state index >= 15 is 0 Å². The molecule has 1 aromatic carbocycles. The predicted molar refractivity (Wildman–Crippen MR) is 101 cm³/mol. The van der Waals surface area contributed by atoms with E-state index in [1.165, 1.54) is 6.20 Å². The zero-order valence-electron chi connectivity index (χ0n) is 14.9. The Morgan fingerprint density at radius 2 is 2.11 bits per heavy atom. The highest BCUT2D eigenvalue weighted by Crippen LogP contribution is 2.32. The first-order valence-electron chi connectivity index (χ1n) is 8.30. The number of nitrogens with zero attached hydrogens (tertiary/aromatic N) is 1. The number of carbonyl (C=O) groups excluding carboxylic acids is 1. The van der Waals surface area contributed by atoms with Crippen LogP contribution in [-0.4, -0.2) is 47.2 Å². The van der Waals surface area contributed by atoms with Crippen molar-refractivity contribution in [3.05, 3.63) is 47.7 Å². The zero-order chi connectivity index (χ0) is 19.6. The van der Waals surface area contributed by atoms with Crippen molar-refractivity contribution >= 4 is 22.8 Å². The first-order chi connectivity index (χ1) is 12.9. The number of aromatic amines is 1. The molecule has 3 rings (SSSR count).